The summed E-state index contributed by atoms with van der Waals surface area (Å²) in [5.41, 5.74) is 1.25. The highest BCUT2D eigenvalue weighted by atomic mass is 16.5. The summed E-state index contributed by atoms with van der Waals surface area (Å²) in [6.45, 7) is 12.7. The summed E-state index contributed by atoms with van der Waals surface area (Å²) < 4.78 is 11.1. The summed E-state index contributed by atoms with van der Waals surface area (Å²) in [5, 5.41) is 0. The van der Waals surface area contributed by atoms with Crippen LogP contribution in [-0.4, -0.2) is 5.97 Å². The standard InChI is InChI=1S/C18H26O3/c1-11(2)9-14-16(18(14,5)6)17(19)20-10-13-7-8-15(21-13)12(3)4/h7-9,12,14,16H,10H2,1-6H3. The van der Waals surface area contributed by atoms with Gasteiger partial charge in [-0.3, -0.25) is 4.79 Å². The lowest BCUT2D eigenvalue weighted by Gasteiger charge is -2.04. The number of rotatable bonds is 5. The van der Waals surface area contributed by atoms with Crippen molar-refractivity contribution in [1.29, 1.82) is 0 Å². The number of carbonyl (C=O) groups is 1. The zero-order valence-electron chi connectivity index (χ0n) is 13.9. The molecule has 3 nitrogen and oxygen atoms in total. The van der Waals surface area contributed by atoms with Crippen LogP contribution >= 0.6 is 0 Å². The molecule has 2 rings (SSSR count). The van der Waals surface area contributed by atoms with E-state index in [9.17, 15) is 4.79 Å². The van der Waals surface area contributed by atoms with Gasteiger partial charge in [-0.25, -0.2) is 0 Å². The fourth-order valence-corrected chi connectivity index (χ4v) is 2.81. The molecule has 21 heavy (non-hydrogen) atoms. The van der Waals surface area contributed by atoms with Gasteiger partial charge in [0, 0.05) is 5.92 Å². The molecule has 1 fully saturated rings. The molecule has 1 aromatic heterocycles. The third-order valence-electron chi connectivity index (χ3n) is 4.29. The number of allylic oxidation sites excluding steroid dienone is 2. The van der Waals surface area contributed by atoms with E-state index in [1.165, 1.54) is 5.57 Å². The molecule has 0 spiro atoms. The number of esters is 1. The van der Waals surface area contributed by atoms with E-state index in [0.717, 1.165) is 5.76 Å². The van der Waals surface area contributed by atoms with Crippen molar-refractivity contribution in [2.75, 3.05) is 0 Å². The lowest BCUT2D eigenvalue weighted by molar-refractivity contribution is -0.148. The van der Waals surface area contributed by atoms with Crippen LogP contribution in [0, 0.1) is 17.3 Å². The number of ether oxygens (including phenoxy) is 1. The zero-order chi connectivity index (χ0) is 15.8. The van der Waals surface area contributed by atoms with E-state index in [-0.39, 0.29) is 29.8 Å². The lowest BCUT2D eigenvalue weighted by Crippen LogP contribution is -2.10. The van der Waals surface area contributed by atoms with Gasteiger partial charge >= 0.3 is 5.97 Å². The largest absolute Gasteiger partial charge is 0.462 e. The third kappa shape index (κ3) is 3.39. The number of furan rings is 1. The topological polar surface area (TPSA) is 39.4 Å². The van der Waals surface area contributed by atoms with Crippen molar-refractivity contribution in [3.63, 3.8) is 0 Å². The SMILES string of the molecule is CC(C)=CC1C(C(=O)OCc2ccc(C(C)C)o2)C1(C)C. The molecule has 1 aliphatic rings. The summed E-state index contributed by atoms with van der Waals surface area (Å²) in [6, 6.07) is 3.83. The van der Waals surface area contributed by atoms with Gasteiger partial charge in [-0.1, -0.05) is 39.3 Å². The maximum Gasteiger partial charge on any atom is 0.310 e. The minimum absolute atomic E-state index is 0.000605. The fourth-order valence-electron chi connectivity index (χ4n) is 2.81. The van der Waals surface area contributed by atoms with Crippen LogP contribution in [0.5, 0.6) is 0 Å². The Bertz CT molecular complexity index is 545. The van der Waals surface area contributed by atoms with Gasteiger partial charge in [-0.2, -0.15) is 0 Å². The molecule has 116 valence electrons. The van der Waals surface area contributed by atoms with Crippen LogP contribution in [0.3, 0.4) is 0 Å². The van der Waals surface area contributed by atoms with E-state index in [1.807, 2.05) is 12.1 Å². The zero-order valence-corrected chi connectivity index (χ0v) is 13.9. The molecule has 1 saturated carbocycles. The van der Waals surface area contributed by atoms with Crippen LogP contribution in [0.4, 0.5) is 0 Å². The van der Waals surface area contributed by atoms with Crippen LogP contribution in [-0.2, 0) is 16.1 Å². The van der Waals surface area contributed by atoms with Crippen LogP contribution < -0.4 is 0 Å². The molecule has 0 amide bonds. The molecule has 3 heteroatoms. The first-order valence-electron chi connectivity index (χ1n) is 7.63. The fraction of sp³-hybridized carbons (Fsp3) is 0.611. The molecular weight excluding hydrogens is 264 g/mol. The van der Waals surface area contributed by atoms with Gasteiger partial charge < -0.3 is 9.15 Å². The normalized spacial score (nSPS) is 23.0. The van der Waals surface area contributed by atoms with Gasteiger partial charge in [0.15, 0.2) is 0 Å². The van der Waals surface area contributed by atoms with Crippen molar-refractivity contribution in [1.82, 2.24) is 0 Å². The molecule has 0 radical (unpaired) electrons. The lowest BCUT2D eigenvalue weighted by atomic mass is 10.1. The summed E-state index contributed by atoms with van der Waals surface area (Å²) in [4.78, 5) is 12.2. The molecule has 1 aromatic rings. The van der Waals surface area contributed by atoms with Crippen molar-refractivity contribution >= 4 is 5.97 Å². The Labute approximate surface area is 127 Å². The maximum absolute atomic E-state index is 12.2. The predicted molar refractivity (Wildman–Crippen MR) is 82.8 cm³/mol. The molecule has 0 aliphatic heterocycles. The predicted octanol–water partition coefficient (Wildman–Crippen LogP) is 4.68. The van der Waals surface area contributed by atoms with Gasteiger partial charge in [0.1, 0.15) is 18.1 Å². The second-order valence-corrected chi connectivity index (χ2v) is 7.14. The van der Waals surface area contributed by atoms with Crippen LogP contribution in [0.2, 0.25) is 0 Å². The molecule has 1 heterocycles. The first kappa shape index (κ1) is 15.9. The monoisotopic (exact) mass is 290 g/mol. The van der Waals surface area contributed by atoms with E-state index < -0.39 is 0 Å². The van der Waals surface area contributed by atoms with Gasteiger partial charge in [0.2, 0.25) is 0 Å². The Balaban J connectivity index is 1.92. The Morgan fingerprint density at radius 1 is 1.38 bits per heavy atom. The van der Waals surface area contributed by atoms with Gasteiger partial charge in [0.25, 0.3) is 0 Å². The second kappa shape index (κ2) is 5.70. The average Bonchev–Trinajstić information content (AvgIpc) is 2.78. The minimum atomic E-state index is -0.120. The van der Waals surface area contributed by atoms with E-state index >= 15 is 0 Å². The highest BCUT2D eigenvalue weighted by Crippen LogP contribution is 2.59. The molecule has 0 aromatic carbocycles. The van der Waals surface area contributed by atoms with Crippen LogP contribution in [0.25, 0.3) is 0 Å². The Kier molecular flexibility index (Phi) is 4.31. The molecule has 0 bridgehead atoms. The van der Waals surface area contributed by atoms with E-state index in [1.54, 1.807) is 0 Å². The quantitative estimate of drug-likeness (QED) is 0.583. The highest BCUT2D eigenvalue weighted by Gasteiger charge is 2.61. The van der Waals surface area contributed by atoms with Crippen molar-refractivity contribution in [3.8, 4) is 0 Å². The minimum Gasteiger partial charge on any atom is -0.462 e. The van der Waals surface area contributed by atoms with E-state index in [2.05, 4.69) is 47.6 Å². The molecule has 0 N–H and O–H groups in total. The Morgan fingerprint density at radius 3 is 2.57 bits per heavy atom. The first-order chi connectivity index (χ1) is 9.73. The second-order valence-electron chi connectivity index (χ2n) is 7.14. The summed E-state index contributed by atoms with van der Waals surface area (Å²) in [6.07, 6.45) is 2.18. The van der Waals surface area contributed by atoms with Crippen LogP contribution in [0.1, 0.15) is 59.0 Å². The molecule has 0 saturated heterocycles. The average molecular weight is 290 g/mol. The van der Waals surface area contributed by atoms with Crippen LogP contribution in [0.15, 0.2) is 28.2 Å². The smallest absolute Gasteiger partial charge is 0.310 e. The number of hydrogen-bond donors (Lipinski definition) is 0. The van der Waals surface area contributed by atoms with Crippen molar-refractivity contribution in [3.05, 3.63) is 35.3 Å². The third-order valence-corrected chi connectivity index (χ3v) is 4.29. The van der Waals surface area contributed by atoms with E-state index in [0.29, 0.717) is 11.7 Å². The van der Waals surface area contributed by atoms with Crippen molar-refractivity contribution in [2.45, 2.75) is 54.1 Å². The van der Waals surface area contributed by atoms with E-state index in [4.69, 9.17) is 9.15 Å². The Morgan fingerprint density at radius 2 is 2.05 bits per heavy atom. The molecule has 2 unspecified atom stereocenters. The van der Waals surface area contributed by atoms with Gasteiger partial charge in [0.05, 0.1) is 5.92 Å². The van der Waals surface area contributed by atoms with Gasteiger partial charge in [-0.05, 0) is 37.3 Å². The summed E-state index contributed by atoms with van der Waals surface area (Å²) in [7, 11) is 0. The first-order valence-corrected chi connectivity index (χ1v) is 7.63. The summed E-state index contributed by atoms with van der Waals surface area (Å²) in [5.74, 6) is 2.12. The molecule has 1 aliphatic carbocycles. The molecule has 2 atom stereocenters. The Hall–Kier alpha value is -1.51. The summed E-state index contributed by atoms with van der Waals surface area (Å²) >= 11 is 0. The maximum atomic E-state index is 12.2. The van der Waals surface area contributed by atoms with Gasteiger partial charge in [-0.15, -0.1) is 0 Å². The highest BCUT2D eigenvalue weighted by molar-refractivity contribution is 5.78. The van der Waals surface area contributed by atoms with Crippen molar-refractivity contribution < 1.29 is 13.9 Å². The molecular formula is C18H26O3. The number of hydrogen-bond acceptors (Lipinski definition) is 3. The van der Waals surface area contributed by atoms with Crippen molar-refractivity contribution in [2.24, 2.45) is 17.3 Å². The number of carbonyl (C=O) groups excluding carboxylic acids is 1.